The molecule has 2 N–H and O–H groups in total. The van der Waals surface area contributed by atoms with Gasteiger partial charge in [-0.3, -0.25) is 0 Å². The zero-order valence-electron chi connectivity index (χ0n) is 18.8. The standard InChI is InChI=1S/C26H38N2/c1-8-20-9-11-22-16-24(18(2)13-23(22)15-20)25(27)12-10-21(14-19(3)28-7)17-26(4,5)6/h9-13,15-16,19,21,27-28H,8,14,17H2,1-7H3/b12-10-,27-25?. The fourth-order valence-electron chi connectivity index (χ4n) is 3.88. The van der Waals surface area contributed by atoms with Crippen molar-refractivity contribution in [1.29, 1.82) is 5.41 Å². The average Bonchev–Trinajstić information content (AvgIpc) is 2.63. The van der Waals surface area contributed by atoms with Gasteiger partial charge < -0.3 is 10.7 Å². The van der Waals surface area contributed by atoms with E-state index in [2.05, 4.69) is 83.3 Å². The summed E-state index contributed by atoms with van der Waals surface area (Å²) in [4.78, 5) is 0. The fraction of sp³-hybridized carbons (Fsp3) is 0.500. The quantitative estimate of drug-likeness (QED) is 0.493. The predicted octanol–water partition coefficient (Wildman–Crippen LogP) is 6.69. The third-order valence-electron chi connectivity index (χ3n) is 5.51. The number of nitrogens with one attached hydrogen (secondary N) is 2. The van der Waals surface area contributed by atoms with Crippen molar-refractivity contribution in [2.75, 3.05) is 7.05 Å². The Kier molecular flexibility index (Phi) is 7.60. The maximum atomic E-state index is 8.67. The van der Waals surface area contributed by atoms with Gasteiger partial charge >= 0.3 is 0 Å². The second-order valence-corrected chi connectivity index (χ2v) is 9.43. The molecule has 0 amide bonds. The molecule has 0 saturated carbocycles. The highest BCUT2D eigenvalue weighted by atomic mass is 14.8. The number of fused-ring (bicyclic) bond motifs is 1. The summed E-state index contributed by atoms with van der Waals surface area (Å²) in [6, 6.07) is 11.5. The van der Waals surface area contributed by atoms with Gasteiger partial charge in [-0.2, -0.15) is 0 Å². The third-order valence-corrected chi connectivity index (χ3v) is 5.51. The van der Waals surface area contributed by atoms with Crippen LogP contribution in [0.1, 0.15) is 64.2 Å². The van der Waals surface area contributed by atoms with Crippen LogP contribution in [0.25, 0.3) is 10.8 Å². The number of benzene rings is 2. The summed E-state index contributed by atoms with van der Waals surface area (Å²) in [6.45, 7) is 13.4. The monoisotopic (exact) mass is 378 g/mol. The molecule has 2 aromatic carbocycles. The molecule has 2 unspecified atom stereocenters. The minimum atomic E-state index is 0.278. The summed E-state index contributed by atoms with van der Waals surface area (Å²) in [5.74, 6) is 0.468. The molecule has 28 heavy (non-hydrogen) atoms. The molecule has 0 fully saturated rings. The third kappa shape index (κ3) is 6.31. The first kappa shape index (κ1) is 22.4. The molecule has 0 heterocycles. The van der Waals surface area contributed by atoms with E-state index in [-0.39, 0.29) is 5.41 Å². The predicted molar refractivity (Wildman–Crippen MR) is 125 cm³/mol. The van der Waals surface area contributed by atoms with Crippen LogP contribution in [0.4, 0.5) is 0 Å². The van der Waals surface area contributed by atoms with Crippen molar-refractivity contribution < 1.29 is 0 Å². The highest BCUT2D eigenvalue weighted by Gasteiger charge is 2.18. The topological polar surface area (TPSA) is 35.9 Å². The lowest BCUT2D eigenvalue weighted by Gasteiger charge is -2.26. The fourth-order valence-corrected chi connectivity index (χ4v) is 3.88. The SMILES string of the molecule is CCc1ccc2cc(C(=N)/C=C\C(CC(C)NC)CC(C)(C)C)c(C)cc2c1. The van der Waals surface area contributed by atoms with Gasteiger partial charge in [-0.1, -0.05) is 58.0 Å². The van der Waals surface area contributed by atoms with Crippen molar-refractivity contribution in [2.24, 2.45) is 11.3 Å². The van der Waals surface area contributed by atoms with Crippen LogP contribution in [-0.2, 0) is 6.42 Å². The molecule has 0 radical (unpaired) electrons. The van der Waals surface area contributed by atoms with Gasteiger partial charge in [0, 0.05) is 11.6 Å². The molecule has 2 nitrogen and oxygen atoms in total. The van der Waals surface area contributed by atoms with Crippen LogP contribution < -0.4 is 5.32 Å². The van der Waals surface area contributed by atoms with E-state index in [0.29, 0.717) is 17.7 Å². The summed E-state index contributed by atoms with van der Waals surface area (Å²) >= 11 is 0. The Bertz CT molecular complexity index is 839. The summed E-state index contributed by atoms with van der Waals surface area (Å²) in [7, 11) is 2.02. The van der Waals surface area contributed by atoms with E-state index in [4.69, 9.17) is 5.41 Å². The lowest BCUT2D eigenvalue weighted by atomic mass is 9.81. The van der Waals surface area contributed by atoms with Gasteiger partial charge in [0.15, 0.2) is 0 Å². The Morgan fingerprint density at radius 2 is 1.86 bits per heavy atom. The molecule has 2 atom stereocenters. The molecule has 2 heteroatoms. The van der Waals surface area contributed by atoms with Crippen molar-refractivity contribution in [3.63, 3.8) is 0 Å². The molecule has 0 bridgehead atoms. The summed E-state index contributed by atoms with van der Waals surface area (Å²) in [5.41, 5.74) is 4.45. The lowest BCUT2D eigenvalue weighted by molar-refractivity contribution is 0.302. The summed E-state index contributed by atoms with van der Waals surface area (Å²) in [5, 5.41) is 14.5. The van der Waals surface area contributed by atoms with Crippen molar-refractivity contribution in [2.45, 2.75) is 66.8 Å². The van der Waals surface area contributed by atoms with Crippen LogP contribution in [0.15, 0.2) is 42.5 Å². The van der Waals surface area contributed by atoms with E-state index in [1.54, 1.807) is 0 Å². The number of hydrogen-bond donors (Lipinski definition) is 2. The van der Waals surface area contributed by atoms with E-state index in [0.717, 1.165) is 24.8 Å². The molecule has 2 rings (SSSR count). The molecule has 0 aliphatic carbocycles. The zero-order chi connectivity index (χ0) is 20.9. The van der Waals surface area contributed by atoms with Gasteiger partial charge in [-0.05, 0) is 85.5 Å². The Balaban J connectivity index is 2.26. The Morgan fingerprint density at radius 3 is 2.46 bits per heavy atom. The second kappa shape index (κ2) is 9.52. The van der Waals surface area contributed by atoms with Crippen molar-refractivity contribution in [3.8, 4) is 0 Å². The maximum Gasteiger partial charge on any atom is 0.0612 e. The second-order valence-electron chi connectivity index (χ2n) is 9.43. The highest BCUT2D eigenvalue weighted by molar-refractivity contribution is 6.09. The number of aryl methyl sites for hydroxylation is 2. The van der Waals surface area contributed by atoms with Gasteiger partial charge in [0.25, 0.3) is 0 Å². The van der Waals surface area contributed by atoms with Gasteiger partial charge in [0.2, 0.25) is 0 Å². The first-order valence-corrected chi connectivity index (χ1v) is 10.6. The van der Waals surface area contributed by atoms with E-state index in [1.165, 1.54) is 21.9 Å². The van der Waals surface area contributed by atoms with E-state index >= 15 is 0 Å². The number of hydrogen-bond acceptors (Lipinski definition) is 2. The Morgan fingerprint density at radius 1 is 1.14 bits per heavy atom. The molecule has 0 aromatic heterocycles. The largest absolute Gasteiger partial charge is 0.317 e. The van der Waals surface area contributed by atoms with Gasteiger partial charge in [0.05, 0.1) is 5.71 Å². The average molecular weight is 379 g/mol. The van der Waals surface area contributed by atoms with Crippen LogP contribution in [0, 0.1) is 23.7 Å². The van der Waals surface area contributed by atoms with Crippen molar-refractivity contribution >= 4 is 16.5 Å². The number of rotatable bonds is 8. The first-order valence-electron chi connectivity index (χ1n) is 10.6. The molecule has 0 saturated heterocycles. The molecule has 0 spiro atoms. The van der Waals surface area contributed by atoms with Gasteiger partial charge in [0.1, 0.15) is 0 Å². The first-order chi connectivity index (χ1) is 13.1. The zero-order valence-corrected chi connectivity index (χ0v) is 18.8. The van der Waals surface area contributed by atoms with Crippen molar-refractivity contribution in [3.05, 3.63) is 59.2 Å². The molecule has 2 aromatic rings. The maximum absolute atomic E-state index is 8.67. The Labute approximate surface area is 171 Å². The van der Waals surface area contributed by atoms with Crippen LogP contribution in [0.3, 0.4) is 0 Å². The minimum Gasteiger partial charge on any atom is -0.317 e. The summed E-state index contributed by atoms with van der Waals surface area (Å²) < 4.78 is 0. The molecule has 152 valence electrons. The van der Waals surface area contributed by atoms with Gasteiger partial charge in [-0.15, -0.1) is 0 Å². The van der Waals surface area contributed by atoms with E-state index in [9.17, 15) is 0 Å². The van der Waals surface area contributed by atoms with Crippen LogP contribution >= 0.6 is 0 Å². The molecule has 0 aliphatic heterocycles. The minimum absolute atomic E-state index is 0.278. The van der Waals surface area contributed by atoms with E-state index < -0.39 is 0 Å². The van der Waals surface area contributed by atoms with Crippen LogP contribution in [0.5, 0.6) is 0 Å². The summed E-state index contributed by atoms with van der Waals surface area (Å²) in [6.07, 6.45) is 7.54. The Hall–Kier alpha value is -1.93. The van der Waals surface area contributed by atoms with E-state index in [1.807, 2.05) is 13.1 Å². The number of allylic oxidation sites excluding steroid dienone is 2. The lowest BCUT2D eigenvalue weighted by Crippen LogP contribution is -2.25. The van der Waals surface area contributed by atoms with Crippen LogP contribution in [-0.4, -0.2) is 18.8 Å². The smallest absolute Gasteiger partial charge is 0.0612 e. The van der Waals surface area contributed by atoms with Crippen LogP contribution in [0.2, 0.25) is 0 Å². The normalized spacial score (nSPS) is 14.5. The molecular weight excluding hydrogens is 340 g/mol. The molecule has 0 aliphatic rings. The van der Waals surface area contributed by atoms with Crippen molar-refractivity contribution in [1.82, 2.24) is 5.32 Å². The highest BCUT2D eigenvalue weighted by Crippen LogP contribution is 2.28. The van der Waals surface area contributed by atoms with Gasteiger partial charge in [-0.25, -0.2) is 0 Å². The molecular formula is C26H38N2.